The first-order chi connectivity index (χ1) is 7.95. The van der Waals surface area contributed by atoms with Crippen molar-refractivity contribution in [3.05, 3.63) is 45.9 Å². The Kier molecular flexibility index (Phi) is 4.20. The number of nitrogens with zero attached hydrogens (tertiary/aromatic N) is 1. The Bertz CT molecular complexity index is 456. The van der Waals surface area contributed by atoms with Crippen LogP contribution in [0, 0.1) is 21.8 Å². The lowest BCUT2D eigenvalue weighted by atomic mass is 9.96. The van der Waals surface area contributed by atoms with Crippen LogP contribution in [0.15, 0.2) is 24.4 Å². The van der Waals surface area contributed by atoms with E-state index in [2.05, 4.69) is 0 Å². The van der Waals surface area contributed by atoms with Gasteiger partial charge in [0.25, 0.3) is 5.69 Å². The van der Waals surface area contributed by atoms with Crippen LogP contribution in [-0.2, 0) is 0 Å². The number of hydrogen-bond acceptors (Lipinski definition) is 3. The van der Waals surface area contributed by atoms with Gasteiger partial charge >= 0.3 is 0 Å². The van der Waals surface area contributed by atoms with E-state index >= 15 is 0 Å². The minimum absolute atomic E-state index is 0.257. The molecule has 92 valence electrons. The summed E-state index contributed by atoms with van der Waals surface area (Å²) in [7, 11) is 0. The molecule has 1 aromatic rings. The van der Waals surface area contributed by atoms with Gasteiger partial charge in [0.05, 0.1) is 11.0 Å². The van der Waals surface area contributed by atoms with E-state index in [0.717, 1.165) is 6.07 Å². The summed E-state index contributed by atoms with van der Waals surface area (Å²) in [6, 6.07) is 3.59. The summed E-state index contributed by atoms with van der Waals surface area (Å²) in [5.74, 6) is -0.282. The highest BCUT2D eigenvalue weighted by Crippen LogP contribution is 2.26. The van der Waals surface area contributed by atoms with Gasteiger partial charge in [0.1, 0.15) is 5.82 Å². The lowest BCUT2D eigenvalue weighted by Gasteiger charge is -2.10. The molecule has 5 heteroatoms. The average Bonchev–Trinajstić information content (AvgIpc) is 2.25. The molecule has 0 spiro atoms. The highest BCUT2D eigenvalue weighted by atomic mass is 19.1. The van der Waals surface area contributed by atoms with E-state index < -0.39 is 10.7 Å². The molecule has 0 fully saturated rings. The zero-order valence-corrected chi connectivity index (χ0v) is 9.81. The molecule has 17 heavy (non-hydrogen) atoms. The van der Waals surface area contributed by atoms with Crippen LogP contribution >= 0.6 is 0 Å². The van der Waals surface area contributed by atoms with Crippen LogP contribution < -0.4 is 5.73 Å². The summed E-state index contributed by atoms with van der Waals surface area (Å²) >= 11 is 0. The van der Waals surface area contributed by atoms with Crippen LogP contribution in [0.2, 0.25) is 0 Å². The summed E-state index contributed by atoms with van der Waals surface area (Å²) in [4.78, 5) is 9.86. The summed E-state index contributed by atoms with van der Waals surface area (Å²) < 4.78 is 13.7. The normalized spacial score (nSPS) is 11.9. The number of nitrogens with two attached hydrogens (primary N) is 1. The number of nitro benzene ring substituents is 1. The summed E-state index contributed by atoms with van der Waals surface area (Å²) in [5, 5.41) is 10.5. The van der Waals surface area contributed by atoms with Crippen molar-refractivity contribution in [1.29, 1.82) is 0 Å². The second-order valence-corrected chi connectivity index (χ2v) is 4.21. The minimum Gasteiger partial charge on any atom is -0.404 e. The van der Waals surface area contributed by atoms with E-state index in [1.165, 1.54) is 18.3 Å². The van der Waals surface area contributed by atoms with E-state index in [4.69, 9.17) is 5.73 Å². The molecular weight excluding hydrogens is 223 g/mol. The first kappa shape index (κ1) is 13.2. The third kappa shape index (κ3) is 3.27. The fraction of sp³-hybridized carbons (Fsp3) is 0.333. The van der Waals surface area contributed by atoms with E-state index in [9.17, 15) is 14.5 Å². The van der Waals surface area contributed by atoms with Crippen LogP contribution in [-0.4, -0.2) is 4.92 Å². The Morgan fingerprint density at radius 1 is 1.59 bits per heavy atom. The summed E-state index contributed by atoms with van der Waals surface area (Å²) in [6.07, 6.45) is 1.98. The van der Waals surface area contributed by atoms with Gasteiger partial charge in [-0.25, -0.2) is 4.39 Å². The van der Waals surface area contributed by atoms with Gasteiger partial charge in [-0.15, -0.1) is 0 Å². The van der Waals surface area contributed by atoms with Crippen LogP contribution in [0.4, 0.5) is 10.1 Å². The highest BCUT2D eigenvalue weighted by molar-refractivity contribution is 5.66. The van der Waals surface area contributed by atoms with Gasteiger partial charge in [0, 0.05) is 11.6 Å². The lowest BCUT2D eigenvalue weighted by Crippen LogP contribution is -1.99. The number of hydrogen-bond donors (Lipinski definition) is 1. The largest absolute Gasteiger partial charge is 0.404 e. The van der Waals surface area contributed by atoms with Crippen molar-refractivity contribution in [1.82, 2.24) is 0 Å². The molecule has 0 saturated heterocycles. The van der Waals surface area contributed by atoms with Gasteiger partial charge in [0.2, 0.25) is 0 Å². The molecule has 0 aliphatic carbocycles. The molecule has 0 aromatic heterocycles. The quantitative estimate of drug-likeness (QED) is 0.647. The van der Waals surface area contributed by atoms with Gasteiger partial charge in [-0.05, 0) is 30.2 Å². The van der Waals surface area contributed by atoms with Crippen molar-refractivity contribution in [2.75, 3.05) is 0 Å². The van der Waals surface area contributed by atoms with E-state index in [1.807, 2.05) is 13.8 Å². The number of benzene rings is 1. The molecule has 1 rings (SSSR count). The third-order valence-corrected chi connectivity index (χ3v) is 2.34. The number of nitro groups is 1. The van der Waals surface area contributed by atoms with Gasteiger partial charge < -0.3 is 5.73 Å². The molecule has 0 aliphatic heterocycles. The Hall–Kier alpha value is -1.91. The smallest absolute Gasteiger partial charge is 0.272 e. The zero-order valence-electron chi connectivity index (χ0n) is 9.81. The topological polar surface area (TPSA) is 69.2 Å². The zero-order chi connectivity index (χ0) is 13.0. The second-order valence-electron chi connectivity index (χ2n) is 4.21. The predicted octanol–water partition coefficient (Wildman–Crippen LogP) is 3.08. The Balaban J connectivity index is 3.10. The first-order valence-corrected chi connectivity index (χ1v) is 5.30. The van der Waals surface area contributed by atoms with Crippen molar-refractivity contribution in [2.24, 2.45) is 11.7 Å². The van der Waals surface area contributed by atoms with Crippen LogP contribution in [0.1, 0.15) is 25.8 Å². The van der Waals surface area contributed by atoms with Crippen LogP contribution in [0.25, 0.3) is 5.57 Å². The third-order valence-electron chi connectivity index (χ3n) is 2.34. The van der Waals surface area contributed by atoms with Crippen molar-refractivity contribution in [3.63, 3.8) is 0 Å². The number of halogens is 1. The molecule has 0 unspecified atom stereocenters. The lowest BCUT2D eigenvalue weighted by molar-refractivity contribution is -0.385. The van der Waals surface area contributed by atoms with Crippen molar-refractivity contribution < 1.29 is 9.31 Å². The van der Waals surface area contributed by atoms with Crippen LogP contribution in [0.3, 0.4) is 0 Å². The first-order valence-electron chi connectivity index (χ1n) is 5.30. The molecule has 1 aromatic carbocycles. The maximum absolute atomic E-state index is 13.7. The molecule has 4 nitrogen and oxygen atoms in total. The van der Waals surface area contributed by atoms with E-state index in [-0.39, 0.29) is 5.69 Å². The molecule has 0 saturated carbocycles. The number of non-ortho nitro benzene ring substituents is 1. The fourth-order valence-electron chi connectivity index (χ4n) is 1.59. The van der Waals surface area contributed by atoms with Crippen molar-refractivity contribution >= 4 is 11.3 Å². The number of allylic oxidation sites excluding steroid dienone is 1. The molecule has 0 amide bonds. The summed E-state index contributed by atoms with van der Waals surface area (Å²) in [6.45, 7) is 3.99. The average molecular weight is 238 g/mol. The van der Waals surface area contributed by atoms with Crippen molar-refractivity contribution in [2.45, 2.75) is 20.3 Å². The molecule has 0 radical (unpaired) electrons. The Morgan fingerprint density at radius 2 is 2.24 bits per heavy atom. The molecular formula is C12H15FN2O2. The summed E-state index contributed by atoms with van der Waals surface area (Å²) in [5.41, 5.74) is 6.19. The molecule has 0 heterocycles. The standard InChI is InChI=1S/C12H15FN2O2/c1-8(2)5-9(7-14)11-4-3-10(15(16)17)6-12(11)13/h3-4,6-8H,5,14H2,1-2H3. The minimum atomic E-state index is -0.624. The van der Waals surface area contributed by atoms with Gasteiger partial charge in [-0.2, -0.15) is 0 Å². The second kappa shape index (κ2) is 5.43. The van der Waals surface area contributed by atoms with Crippen LogP contribution in [0.5, 0.6) is 0 Å². The van der Waals surface area contributed by atoms with Gasteiger partial charge in [-0.3, -0.25) is 10.1 Å². The maximum Gasteiger partial charge on any atom is 0.272 e. The Morgan fingerprint density at radius 3 is 2.65 bits per heavy atom. The van der Waals surface area contributed by atoms with Crippen molar-refractivity contribution in [3.8, 4) is 0 Å². The SMILES string of the molecule is CC(C)CC(=CN)c1ccc([N+](=O)[O-])cc1F. The van der Waals surface area contributed by atoms with Gasteiger partial charge in [0.15, 0.2) is 0 Å². The molecule has 0 atom stereocenters. The highest BCUT2D eigenvalue weighted by Gasteiger charge is 2.14. The predicted molar refractivity (Wildman–Crippen MR) is 64.7 cm³/mol. The molecule has 0 bridgehead atoms. The van der Waals surface area contributed by atoms with E-state index in [1.54, 1.807) is 0 Å². The van der Waals surface area contributed by atoms with Gasteiger partial charge in [-0.1, -0.05) is 13.8 Å². The molecule has 0 aliphatic rings. The maximum atomic E-state index is 13.7. The Labute approximate surface area is 99.1 Å². The van der Waals surface area contributed by atoms with E-state index in [0.29, 0.717) is 23.5 Å². The number of rotatable bonds is 4. The monoisotopic (exact) mass is 238 g/mol. The fourth-order valence-corrected chi connectivity index (χ4v) is 1.59. The molecule has 2 N–H and O–H groups in total.